The summed E-state index contributed by atoms with van der Waals surface area (Å²) in [5.74, 6) is -0.531. The van der Waals surface area contributed by atoms with E-state index in [1.165, 1.54) is 4.57 Å². The van der Waals surface area contributed by atoms with E-state index in [4.69, 9.17) is 4.74 Å². The maximum atomic E-state index is 12.8. The Bertz CT molecular complexity index is 504. The number of hydrogen-bond acceptors (Lipinski definition) is 5. The van der Waals surface area contributed by atoms with E-state index in [0.717, 1.165) is 6.42 Å². The molecule has 0 saturated carbocycles. The van der Waals surface area contributed by atoms with Crippen LogP contribution in [0.3, 0.4) is 0 Å². The minimum atomic E-state index is -4.45. The number of hydrogen-bond donors (Lipinski definition) is 1. The molecule has 0 bridgehead atoms. The largest absolute Gasteiger partial charge is 0.451 e. The van der Waals surface area contributed by atoms with E-state index < -0.39 is 12.0 Å². The second-order valence-corrected chi connectivity index (χ2v) is 5.39. The molecule has 1 N–H and O–H groups in total. The summed E-state index contributed by atoms with van der Waals surface area (Å²) in [7, 11) is 1.90. The lowest BCUT2D eigenvalue weighted by molar-refractivity contribution is -0.148. The van der Waals surface area contributed by atoms with Crippen LogP contribution in [-0.2, 0) is 24.0 Å². The molecule has 118 valence electrons. The standard InChI is InChI=1S/C12H18F3N5O/c1-16-8-2-5-21-7-9(8)19-3-4-20-10(6-19)17-18-11(20)12(13,14)15/h8-9,16H,2-7H2,1H3. The average Bonchev–Trinajstić information content (AvgIpc) is 2.90. The van der Waals surface area contributed by atoms with Crippen molar-refractivity contribution in [3.63, 3.8) is 0 Å². The molecule has 2 aliphatic rings. The number of nitrogens with one attached hydrogen (secondary N) is 1. The summed E-state index contributed by atoms with van der Waals surface area (Å²) < 4.78 is 45.1. The molecular formula is C12H18F3N5O. The van der Waals surface area contributed by atoms with Crippen molar-refractivity contribution in [1.82, 2.24) is 25.0 Å². The van der Waals surface area contributed by atoms with E-state index in [1.807, 2.05) is 7.05 Å². The normalized spacial score (nSPS) is 27.6. The number of rotatable bonds is 2. The van der Waals surface area contributed by atoms with E-state index in [9.17, 15) is 13.2 Å². The van der Waals surface area contributed by atoms with Crippen LogP contribution in [0.2, 0.25) is 0 Å². The Morgan fingerprint density at radius 2 is 2.10 bits per heavy atom. The van der Waals surface area contributed by atoms with Crippen molar-refractivity contribution in [2.45, 2.75) is 37.8 Å². The van der Waals surface area contributed by atoms with Crippen molar-refractivity contribution in [2.75, 3.05) is 26.8 Å². The monoisotopic (exact) mass is 305 g/mol. The van der Waals surface area contributed by atoms with Crippen LogP contribution in [0.25, 0.3) is 0 Å². The fourth-order valence-corrected chi connectivity index (χ4v) is 3.09. The molecular weight excluding hydrogens is 287 g/mol. The van der Waals surface area contributed by atoms with Gasteiger partial charge >= 0.3 is 6.18 Å². The second-order valence-electron chi connectivity index (χ2n) is 5.39. The molecule has 1 aromatic rings. The average molecular weight is 305 g/mol. The van der Waals surface area contributed by atoms with Gasteiger partial charge in [-0.1, -0.05) is 0 Å². The van der Waals surface area contributed by atoms with E-state index >= 15 is 0 Å². The molecule has 1 aromatic heterocycles. The zero-order valence-corrected chi connectivity index (χ0v) is 11.7. The first-order chi connectivity index (χ1) is 10.0. The molecule has 0 aliphatic carbocycles. The first-order valence-electron chi connectivity index (χ1n) is 6.99. The molecule has 1 saturated heterocycles. The number of alkyl halides is 3. The number of likely N-dealkylation sites (N-methyl/N-ethyl adjacent to an activating group) is 1. The first-order valence-corrected chi connectivity index (χ1v) is 6.99. The molecule has 2 unspecified atom stereocenters. The third-order valence-electron chi connectivity index (χ3n) is 4.20. The van der Waals surface area contributed by atoms with Gasteiger partial charge in [-0.3, -0.25) is 4.90 Å². The Balaban J connectivity index is 1.77. The molecule has 1 fully saturated rings. The highest BCUT2D eigenvalue weighted by Gasteiger charge is 2.40. The summed E-state index contributed by atoms with van der Waals surface area (Å²) >= 11 is 0. The summed E-state index contributed by atoms with van der Waals surface area (Å²) in [4.78, 5) is 2.13. The van der Waals surface area contributed by atoms with Gasteiger partial charge in [0.25, 0.3) is 0 Å². The number of fused-ring (bicyclic) bond motifs is 1. The van der Waals surface area contributed by atoms with Crippen molar-refractivity contribution in [3.05, 3.63) is 11.6 Å². The van der Waals surface area contributed by atoms with Gasteiger partial charge in [-0.2, -0.15) is 13.2 Å². The smallest absolute Gasteiger partial charge is 0.380 e. The lowest BCUT2D eigenvalue weighted by Crippen LogP contribution is -2.56. The van der Waals surface area contributed by atoms with Crippen LogP contribution in [0.5, 0.6) is 0 Å². The third kappa shape index (κ3) is 2.77. The minimum absolute atomic E-state index is 0.156. The summed E-state index contributed by atoms with van der Waals surface area (Å²) in [6, 6.07) is 0.443. The molecule has 21 heavy (non-hydrogen) atoms. The van der Waals surface area contributed by atoms with Crippen molar-refractivity contribution < 1.29 is 17.9 Å². The second kappa shape index (κ2) is 5.54. The topological polar surface area (TPSA) is 55.2 Å². The predicted molar refractivity (Wildman–Crippen MR) is 67.5 cm³/mol. The Hall–Kier alpha value is -1.19. The van der Waals surface area contributed by atoms with Crippen molar-refractivity contribution in [3.8, 4) is 0 Å². The maximum absolute atomic E-state index is 12.8. The summed E-state index contributed by atoms with van der Waals surface area (Å²) in [6.07, 6.45) is -3.55. The van der Waals surface area contributed by atoms with Crippen LogP contribution in [-0.4, -0.2) is 58.6 Å². The highest BCUT2D eigenvalue weighted by molar-refractivity contribution is 5.03. The van der Waals surface area contributed by atoms with Crippen LogP contribution in [0, 0.1) is 0 Å². The lowest BCUT2D eigenvalue weighted by Gasteiger charge is -2.41. The number of halogens is 3. The fraction of sp³-hybridized carbons (Fsp3) is 0.833. The number of nitrogens with zero attached hydrogens (tertiary/aromatic N) is 4. The van der Waals surface area contributed by atoms with Gasteiger partial charge < -0.3 is 14.6 Å². The minimum Gasteiger partial charge on any atom is -0.380 e. The summed E-state index contributed by atoms with van der Waals surface area (Å²) in [5.41, 5.74) is 0. The van der Waals surface area contributed by atoms with Crippen molar-refractivity contribution >= 4 is 0 Å². The molecule has 0 amide bonds. The SMILES string of the molecule is CNC1CCOCC1N1CCn2c(nnc2C(F)(F)F)C1. The highest BCUT2D eigenvalue weighted by atomic mass is 19.4. The molecule has 2 aliphatic heterocycles. The maximum Gasteiger partial charge on any atom is 0.451 e. The Morgan fingerprint density at radius 1 is 1.29 bits per heavy atom. The lowest BCUT2D eigenvalue weighted by atomic mass is 10.0. The summed E-state index contributed by atoms with van der Waals surface area (Å²) in [5, 5.41) is 10.3. The molecule has 9 heteroatoms. The Labute approximate surface area is 120 Å². The predicted octanol–water partition coefficient (Wildman–Crippen LogP) is 0.489. The van der Waals surface area contributed by atoms with Gasteiger partial charge in [0.2, 0.25) is 5.82 Å². The van der Waals surface area contributed by atoms with Crippen LogP contribution in [0.1, 0.15) is 18.1 Å². The van der Waals surface area contributed by atoms with Gasteiger partial charge in [-0.25, -0.2) is 0 Å². The zero-order chi connectivity index (χ0) is 15.0. The van der Waals surface area contributed by atoms with Crippen molar-refractivity contribution in [2.24, 2.45) is 0 Å². The number of ether oxygens (including phenoxy) is 1. The molecule has 0 radical (unpaired) electrons. The van der Waals surface area contributed by atoms with Crippen LogP contribution >= 0.6 is 0 Å². The third-order valence-corrected chi connectivity index (χ3v) is 4.20. The van der Waals surface area contributed by atoms with Gasteiger partial charge in [0.05, 0.1) is 13.2 Å². The highest BCUT2D eigenvalue weighted by Crippen LogP contribution is 2.30. The molecule has 0 spiro atoms. The molecule has 6 nitrogen and oxygen atoms in total. The van der Waals surface area contributed by atoms with Crippen LogP contribution < -0.4 is 5.32 Å². The molecule has 0 aromatic carbocycles. The molecule has 2 atom stereocenters. The van der Waals surface area contributed by atoms with Gasteiger partial charge in [0.1, 0.15) is 5.82 Å². The van der Waals surface area contributed by atoms with E-state index in [-0.39, 0.29) is 18.6 Å². The van der Waals surface area contributed by atoms with E-state index in [0.29, 0.717) is 32.1 Å². The quantitative estimate of drug-likeness (QED) is 0.862. The summed E-state index contributed by atoms with van der Waals surface area (Å²) in [6.45, 7) is 2.47. The van der Waals surface area contributed by atoms with Gasteiger partial charge in [0, 0.05) is 31.8 Å². The zero-order valence-electron chi connectivity index (χ0n) is 11.7. The van der Waals surface area contributed by atoms with Gasteiger partial charge in [-0.05, 0) is 13.5 Å². The first kappa shape index (κ1) is 14.7. The van der Waals surface area contributed by atoms with Crippen LogP contribution in [0.4, 0.5) is 13.2 Å². The van der Waals surface area contributed by atoms with Gasteiger partial charge in [0.15, 0.2) is 0 Å². The Morgan fingerprint density at radius 3 is 2.81 bits per heavy atom. The van der Waals surface area contributed by atoms with Crippen LogP contribution in [0.15, 0.2) is 0 Å². The van der Waals surface area contributed by atoms with E-state index in [1.54, 1.807) is 0 Å². The molecule has 3 heterocycles. The number of aromatic nitrogens is 3. The molecule has 3 rings (SSSR count). The Kier molecular flexibility index (Phi) is 3.89. The van der Waals surface area contributed by atoms with Crippen molar-refractivity contribution in [1.29, 1.82) is 0 Å². The van der Waals surface area contributed by atoms with Gasteiger partial charge in [-0.15, -0.1) is 10.2 Å². The van der Waals surface area contributed by atoms with E-state index in [2.05, 4.69) is 20.4 Å². The fourth-order valence-electron chi connectivity index (χ4n) is 3.09.